The van der Waals surface area contributed by atoms with Crippen LogP contribution in [-0.2, 0) is 9.84 Å². The zero-order valence-electron chi connectivity index (χ0n) is 10.4. The molecule has 0 aliphatic rings. The van der Waals surface area contributed by atoms with E-state index in [-0.39, 0.29) is 17.5 Å². The van der Waals surface area contributed by atoms with Crippen LogP contribution in [0, 0.1) is 0 Å². The molecule has 1 unspecified atom stereocenters. The Balaban J connectivity index is 2.55. The van der Waals surface area contributed by atoms with Crippen LogP contribution in [0.25, 0.3) is 0 Å². The maximum Gasteiger partial charge on any atom is 0.150 e. The SMILES string of the molecule is CCS(=O)(=O)CCCC(NN)c1ccc(Br)cc1. The van der Waals surface area contributed by atoms with Crippen LogP contribution in [0.4, 0.5) is 0 Å². The summed E-state index contributed by atoms with van der Waals surface area (Å²) in [6.45, 7) is 1.67. The van der Waals surface area contributed by atoms with Gasteiger partial charge in [0, 0.05) is 16.3 Å². The summed E-state index contributed by atoms with van der Waals surface area (Å²) in [5.41, 5.74) is 3.80. The van der Waals surface area contributed by atoms with Crippen LogP contribution in [0.15, 0.2) is 28.7 Å². The van der Waals surface area contributed by atoms with E-state index in [1.54, 1.807) is 6.92 Å². The maximum absolute atomic E-state index is 11.4. The normalized spacial score (nSPS) is 13.5. The van der Waals surface area contributed by atoms with E-state index in [0.29, 0.717) is 12.8 Å². The Labute approximate surface area is 117 Å². The second kappa shape index (κ2) is 7.23. The number of rotatable bonds is 7. The lowest BCUT2D eigenvalue weighted by Crippen LogP contribution is -2.28. The molecule has 0 aliphatic carbocycles. The first kappa shape index (κ1) is 15.6. The summed E-state index contributed by atoms with van der Waals surface area (Å²) in [7, 11) is -2.89. The molecule has 0 amide bonds. The van der Waals surface area contributed by atoms with Gasteiger partial charge in [0.25, 0.3) is 0 Å². The minimum atomic E-state index is -2.89. The Morgan fingerprint density at radius 2 is 1.94 bits per heavy atom. The number of halogens is 1. The number of nitrogens with two attached hydrogens (primary N) is 1. The molecule has 0 saturated heterocycles. The van der Waals surface area contributed by atoms with E-state index in [4.69, 9.17) is 5.84 Å². The summed E-state index contributed by atoms with van der Waals surface area (Å²) in [6.07, 6.45) is 1.32. The summed E-state index contributed by atoms with van der Waals surface area (Å²) in [5, 5.41) is 0. The summed E-state index contributed by atoms with van der Waals surface area (Å²) >= 11 is 3.37. The van der Waals surface area contributed by atoms with E-state index >= 15 is 0 Å². The zero-order chi connectivity index (χ0) is 13.6. The Hall–Kier alpha value is -0.430. The molecular formula is C12H19BrN2O2S. The second-order valence-electron chi connectivity index (χ2n) is 4.15. The average Bonchev–Trinajstić information content (AvgIpc) is 2.36. The summed E-state index contributed by atoms with van der Waals surface area (Å²) in [6, 6.07) is 7.83. The molecule has 1 rings (SSSR count). The number of sulfone groups is 1. The van der Waals surface area contributed by atoms with Crippen LogP contribution in [-0.4, -0.2) is 19.9 Å². The summed E-state index contributed by atoms with van der Waals surface area (Å²) in [5.74, 6) is 5.93. The number of hydrogen-bond acceptors (Lipinski definition) is 4. The van der Waals surface area contributed by atoms with Gasteiger partial charge in [-0.1, -0.05) is 35.0 Å². The third-order valence-electron chi connectivity index (χ3n) is 2.86. The number of benzene rings is 1. The molecule has 102 valence electrons. The molecule has 0 aliphatic heterocycles. The lowest BCUT2D eigenvalue weighted by atomic mass is 10.0. The van der Waals surface area contributed by atoms with E-state index in [1.165, 1.54) is 0 Å². The second-order valence-corrected chi connectivity index (χ2v) is 7.54. The Kier molecular flexibility index (Phi) is 6.28. The highest BCUT2D eigenvalue weighted by Crippen LogP contribution is 2.20. The molecule has 0 saturated carbocycles. The van der Waals surface area contributed by atoms with Crippen molar-refractivity contribution in [3.63, 3.8) is 0 Å². The molecule has 4 nitrogen and oxygen atoms in total. The van der Waals surface area contributed by atoms with Crippen molar-refractivity contribution in [1.82, 2.24) is 5.43 Å². The van der Waals surface area contributed by atoms with Gasteiger partial charge >= 0.3 is 0 Å². The van der Waals surface area contributed by atoms with Gasteiger partial charge in [-0.3, -0.25) is 11.3 Å². The molecule has 1 aromatic rings. The predicted molar refractivity (Wildman–Crippen MR) is 77.8 cm³/mol. The fourth-order valence-corrected chi connectivity index (χ4v) is 2.85. The van der Waals surface area contributed by atoms with Crippen molar-refractivity contribution in [2.75, 3.05) is 11.5 Å². The van der Waals surface area contributed by atoms with Gasteiger partial charge in [-0.15, -0.1) is 0 Å². The molecule has 0 heterocycles. The quantitative estimate of drug-likeness (QED) is 0.592. The van der Waals surface area contributed by atoms with Crippen LogP contribution >= 0.6 is 15.9 Å². The van der Waals surface area contributed by atoms with Crippen molar-refractivity contribution in [3.8, 4) is 0 Å². The summed E-state index contributed by atoms with van der Waals surface area (Å²) < 4.78 is 23.8. The van der Waals surface area contributed by atoms with Crippen molar-refractivity contribution >= 4 is 25.8 Å². The summed E-state index contributed by atoms with van der Waals surface area (Å²) in [4.78, 5) is 0. The molecule has 6 heteroatoms. The first-order valence-corrected chi connectivity index (χ1v) is 8.52. The minimum Gasteiger partial charge on any atom is -0.271 e. The van der Waals surface area contributed by atoms with Crippen LogP contribution in [0.5, 0.6) is 0 Å². The minimum absolute atomic E-state index is 0.00911. The molecule has 0 spiro atoms. The van der Waals surface area contributed by atoms with E-state index in [1.807, 2.05) is 24.3 Å². The van der Waals surface area contributed by atoms with Crippen molar-refractivity contribution in [2.45, 2.75) is 25.8 Å². The highest BCUT2D eigenvalue weighted by Gasteiger charge is 2.12. The van der Waals surface area contributed by atoms with Gasteiger partial charge < -0.3 is 0 Å². The molecule has 0 fully saturated rings. The fraction of sp³-hybridized carbons (Fsp3) is 0.500. The van der Waals surface area contributed by atoms with Crippen LogP contribution in [0.2, 0.25) is 0 Å². The standard InChI is InChI=1S/C12H19BrN2O2S/c1-2-18(16,17)9-3-4-12(15-14)10-5-7-11(13)8-6-10/h5-8,12,15H,2-4,9,14H2,1H3. The largest absolute Gasteiger partial charge is 0.271 e. The number of nitrogens with one attached hydrogen (secondary N) is 1. The maximum atomic E-state index is 11.4. The smallest absolute Gasteiger partial charge is 0.150 e. The molecular weight excluding hydrogens is 316 g/mol. The van der Waals surface area contributed by atoms with E-state index < -0.39 is 9.84 Å². The van der Waals surface area contributed by atoms with Crippen molar-refractivity contribution in [2.24, 2.45) is 5.84 Å². The van der Waals surface area contributed by atoms with E-state index in [2.05, 4.69) is 21.4 Å². The van der Waals surface area contributed by atoms with Gasteiger partial charge in [-0.25, -0.2) is 8.42 Å². The van der Waals surface area contributed by atoms with Gasteiger partial charge in [-0.2, -0.15) is 0 Å². The van der Waals surface area contributed by atoms with E-state index in [9.17, 15) is 8.42 Å². The van der Waals surface area contributed by atoms with Crippen LogP contribution < -0.4 is 11.3 Å². The lowest BCUT2D eigenvalue weighted by Gasteiger charge is -2.16. The Morgan fingerprint density at radius 1 is 1.33 bits per heavy atom. The molecule has 0 bridgehead atoms. The van der Waals surface area contributed by atoms with Gasteiger partial charge in [0.2, 0.25) is 0 Å². The van der Waals surface area contributed by atoms with Crippen molar-refractivity contribution < 1.29 is 8.42 Å². The highest BCUT2D eigenvalue weighted by atomic mass is 79.9. The molecule has 18 heavy (non-hydrogen) atoms. The Bertz CT molecular complexity index is 459. The fourth-order valence-electron chi connectivity index (χ4n) is 1.69. The number of hydrogen-bond donors (Lipinski definition) is 2. The lowest BCUT2D eigenvalue weighted by molar-refractivity contribution is 0.507. The van der Waals surface area contributed by atoms with E-state index in [0.717, 1.165) is 10.0 Å². The molecule has 0 aromatic heterocycles. The molecule has 1 atom stereocenters. The molecule has 0 radical (unpaired) electrons. The van der Waals surface area contributed by atoms with Gasteiger partial charge in [-0.05, 0) is 30.5 Å². The topological polar surface area (TPSA) is 72.2 Å². The van der Waals surface area contributed by atoms with Gasteiger partial charge in [0.15, 0.2) is 0 Å². The van der Waals surface area contributed by atoms with Crippen molar-refractivity contribution in [1.29, 1.82) is 0 Å². The third kappa shape index (κ3) is 5.06. The predicted octanol–water partition coefficient (Wildman–Crippen LogP) is 2.17. The van der Waals surface area contributed by atoms with Gasteiger partial charge in [0.1, 0.15) is 9.84 Å². The van der Waals surface area contributed by atoms with Crippen molar-refractivity contribution in [3.05, 3.63) is 34.3 Å². The first-order valence-electron chi connectivity index (χ1n) is 5.90. The molecule has 1 aromatic carbocycles. The zero-order valence-corrected chi connectivity index (χ0v) is 12.8. The highest BCUT2D eigenvalue weighted by molar-refractivity contribution is 9.10. The average molecular weight is 335 g/mol. The number of hydrazine groups is 1. The van der Waals surface area contributed by atoms with Crippen LogP contribution in [0.3, 0.4) is 0 Å². The third-order valence-corrected chi connectivity index (χ3v) is 5.18. The monoisotopic (exact) mass is 334 g/mol. The first-order chi connectivity index (χ1) is 8.48. The van der Waals surface area contributed by atoms with Crippen LogP contribution in [0.1, 0.15) is 31.4 Å². The molecule has 3 N–H and O–H groups in total. The van der Waals surface area contributed by atoms with Gasteiger partial charge in [0.05, 0.1) is 5.75 Å². The Morgan fingerprint density at radius 3 is 2.44 bits per heavy atom.